The van der Waals surface area contributed by atoms with Crippen molar-refractivity contribution in [1.29, 1.82) is 0 Å². The van der Waals surface area contributed by atoms with Crippen LogP contribution in [0.2, 0.25) is 0 Å². The highest BCUT2D eigenvalue weighted by atomic mass is 16.2. The van der Waals surface area contributed by atoms with Gasteiger partial charge in [-0.25, -0.2) is 5.84 Å². The molecule has 104 valence electrons. The fourth-order valence-corrected chi connectivity index (χ4v) is 1.80. The average Bonchev–Trinajstić information content (AvgIpc) is 2.36. The maximum absolute atomic E-state index is 12.3. The van der Waals surface area contributed by atoms with E-state index < -0.39 is 5.91 Å². The summed E-state index contributed by atoms with van der Waals surface area (Å²) in [6.45, 7) is 3.87. The number of amides is 1. The number of Topliss-reactive ketones (excluding diaryl/α,β-unsaturated/α-hetero) is 1. The summed E-state index contributed by atoms with van der Waals surface area (Å²) in [7, 11) is 3.80. The molecule has 1 aromatic rings. The summed E-state index contributed by atoms with van der Waals surface area (Å²) in [6, 6.07) is 3.02. The molecule has 0 fully saturated rings. The van der Waals surface area contributed by atoms with Crippen LogP contribution in [0.25, 0.3) is 0 Å². The summed E-state index contributed by atoms with van der Waals surface area (Å²) < 4.78 is 0. The lowest BCUT2D eigenvalue weighted by Gasteiger charge is -2.26. The number of ketones is 1. The Kier molecular flexibility index (Phi) is 5.14. The zero-order valence-corrected chi connectivity index (χ0v) is 11.8. The molecule has 1 aromatic heterocycles. The van der Waals surface area contributed by atoms with Crippen LogP contribution in [0.15, 0.2) is 18.3 Å². The molecule has 0 aliphatic rings. The molecule has 1 unspecified atom stereocenters. The third-order valence-corrected chi connectivity index (χ3v) is 2.73. The van der Waals surface area contributed by atoms with Gasteiger partial charge in [0.2, 0.25) is 0 Å². The van der Waals surface area contributed by atoms with Crippen molar-refractivity contribution in [3.05, 3.63) is 29.6 Å². The molecule has 0 aromatic carbocycles. The number of hydrogen-bond acceptors (Lipinski definition) is 5. The van der Waals surface area contributed by atoms with E-state index in [9.17, 15) is 9.59 Å². The molecule has 0 aliphatic carbocycles. The van der Waals surface area contributed by atoms with E-state index in [2.05, 4.69) is 4.98 Å². The van der Waals surface area contributed by atoms with Crippen molar-refractivity contribution in [1.82, 2.24) is 14.9 Å². The molecule has 6 nitrogen and oxygen atoms in total. The van der Waals surface area contributed by atoms with Crippen LogP contribution < -0.4 is 5.84 Å². The summed E-state index contributed by atoms with van der Waals surface area (Å²) >= 11 is 0. The molecule has 0 spiro atoms. The molecule has 1 amide bonds. The van der Waals surface area contributed by atoms with E-state index in [-0.39, 0.29) is 17.5 Å². The van der Waals surface area contributed by atoms with Crippen molar-refractivity contribution in [2.75, 3.05) is 20.6 Å². The Labute approximate surface area is 113 Å². The van der Waals surface area contributed by atoms with E-state index >= 15 is 0 Å². The largest absolute Gasteiger partial charge is 0.307 e. The Morgan fingerprint density at radius 3 is 2.58 bits per heavy atom. The van der Waals surface area contributed by atoms with Gasteiger partial charge in [0.05, 0.1) is 6.04 Å². The minimum Gasteiger partial charge on any atom is -0.307 e. The number of pyridine rings is 1. The molecule has 0 saturated carbocycles. The van der Waals surface area contributed by atoms with Gasteiger partial charge in [0.15, 0.2) is 5.78 Å². The first-order chi connectivity index (χ1) is 8.84. The third-order valence-electron chi connectivity index (χ3n) is 2.73. The Morgan fingerprint density at radius 2 is 2.05 bits per heavy atom. The third kappa shape index (κ3) is 3.84. The molecular weight excluding hydrogens is 244 g/mol. The van der Waals surface area contributed by atoms with Gasteiger partial charge >= 0.3 is 0 Å². The van der Waals surface area contributed by atoms with Crippen molar-refractivity contribution in [3.8, 4) is 0 Å². The van der Waals surface area contributed by atoms with E-state index in [1.165, 1.54) is 13.1 Å². The predicted octanol–water partition coefficient (Wildman–Crippen LogP) is 0.550. The summed E-state index contributed by atoms with van der Waals surface area (Å²) in [5, 5.41) is 1.12. The lowest BCUT2D eigenvalue weighted by Crippen LogP contribution is -2.48. The first kappa shape index (κ1) is 15.3. The molecule has 0 bridgehead atoms. The Bertz CT molecular complexity index is 473. The summed E-state index contributed by atoms with van der Waals surface area (Å²) in [4.78, 5) is 29.7. The quantitative estimate of drug-likeness (QED) is 0.363. The number of aromatic nitrogens is 1. The monoisotopic (exact) mass is 264 g/mol. The van der Waals surface area contributed by atoms with Crippen LogP contribution in [0.5, 0.6) is 0 Å². The zero-order chi connectivity index (χ0) is 14.6. The van der Waals surface area contributed by atoms with Crippen LogP contribution in [0, 0.1) is 0 Å². The standard InChI is InChI=1S/C13H20N4O2/c1-9(8-16(3)4)17(14)13(19)12-11(10(2)18)6-5-7-15-12/h5-7,9H,8,14H2,1-4H3. The van der Waals surface area contributed by atoms with Gasteiger partial charge < -0.3 is 4.90 Å². The van der Waals surface area contributed by atoms with Crippen LogP contribution in [0.4, 0.5) is 0 Å². The second kappa shape index (κ2) is 6.40. The molecule has 6 heteroatoms. The Balaban J connectivity index is 2.97. The second-order valence-electron chi connectivity index (χ2n) is 4.78. The predicted molar refractivity (Wildman–Crippen MR) is 72.6 cm³/mol. The van der Waals surface area contributed by atoms with Crippen molar-refractivity contribution in [2.45, 2.75) is 19.9 Å². The molecule has 19 heavy (non-hydrogen) atoms. The minimum atomic E-state index is -0.444. The normalized spacial score (nSPS) is 12.3. The highest BCUT2D eigenvalue weighted by Crippen LogP contribution is 2.10. The summed E-state index contributed by atoms with van der Waals surface area (Å²) in [6.07, 6.45) is 1.48. The fourth-order valence-electron chi connectivity index (χ4n) is 1.80. The van der Waals surface area contributed by atoms with E-state index in [1.54, 1.807) is 12.1 Å². The van der Waals surface area contributed by atoms with Crippen LogP contribution in [0.3, 0.4) is 0 Å². The number of likely N-dealkylation sites (N-methyl/N-ethyl adjacent to an activating group) is 1. The van der Waals surface area contributed by atoms with Gasteiger partial charge in [0.25, 0.3) is 5.91 Å². The van der Waals surface area contributed by atoms with Crippen molar-refractivity contribution >= 4 is 11.7 Å². The first-order valence-corrected chi connectivity index (χ1v) is 6.03. The molecule has 1 heterocycles. The second-order valence-corrected chi connectivity index (χ2v) is 4.78. The van der Waals surface area contributed by atoms with Gasteiger partial charge in [-0.1, -0.05) is 0 Å². The first-order valence-electron chi connectivity index (χ1n) is 6.03. The van der Waals surface area contributed by atoms with Gasteiger partial charge in [-0.15, -0.1) is 0 Å². The van der Waals surface area contributed by atoms with E-state index in [0.717, 1.165) is 5.01 Å². The highest BCUT2D eigenvalue weighted by molar-refractivity contribution is 6.05. The van der Waals surface area contributed by atoms with Gasteiger partial charge in [0.1, 0.15) is 5.69 Å². The number of hydrazine groups is 1. The summed E-state index contributed by atoms with van der Waals surface area (Å²) in [5.74, 6) is 5.17. The zero-order valence-electron chi connectivity index (χ0n) is 11.8. The number of nitrogens with zero attached hydrogens (tertiary/aromatic N) is 3. The number of nitrogens with two attached hydrogens (primary N) is 1. The minimum absolute atomic E-state index is 0.100. The van der Waals surface area contributed by atoms with E-state index in [4.69, 9.17) is 5.84 Å². The number of hydrogen-bond donors (Lipinski definition) is 1. The van der Waals surface area contributed by atoms with Gasteiger partial charge in [-0.2, -0.15) is 0 Å². The molecule has 2 N–H and O–H groups in total. The smallest absolute Gasteiger partial charge is 0.287 e. The lowest BCUT2D eigenvalue weighted by atomic mass is 10.1. The topological polar surface area (TPSA) is 79.5 Å². The van der Waals surface area contributed by atoms with Gasteiger partial charge in [-0.3, -0.25) is 19.6 Å². The van der Waals surface area contributed by atoms with E-state index in [1.807, 2.05) is 25.9 Å². The van der Waals surface area contributed by atoms with Crippen molar-refractivity contribution < 1.29 is 9.59 Å². The Hall–Kier alpha value is -1.79. The SMILES string of the molecule is CC(=O)c1cccnc1C(=O)N(N)C(C)CN(C)C. The maximum atomic E-state index is 12.3. The fraction of sp³-hybridized carbons (Fsp3) is 0.462. The molecule has 1 rings (SSSR count). The molecule has 0 aliphatic heterocycles. The number of rotatable bonds is 5. The van der Waals surface area contributed by atoms with Crippen LogP contribution >= 0.6 is 0 Å². The lowest BCUT2D eigenvalue weighted by molar-refractivity contribution is 0.0656. The highest BCUT2D eigenvalue weighted by Gasteiger charge is 2.23. The molecule has 0 radical (unpaired) electrons. The van der Waals surface area contributed by atoms with Gasteiger partial charge in [0, 0.05) is 18.3 Å². The molecular formula is C13H20N4O2. The maximum Gasteiger partial charge on any atom is 0.287 e. The number of carbonyl (C=O) groups is 2. The van der Waals surface area contributed by atoms with E-state index in [0.29, 0.717) is 12.1 Å². The van der Waals surface area contributed by atoms with Gasteiger partial charge in [-0.05, 0) is 40.1 Å². The Morgan fingerprint density at radius 1 is 1.42 bits per heavy atom. The average molecular weight is 264 g/mol. The molecule has 1 atom stereocenters. The van der Waals surface area contributed by atoms with Crippen molar-refractivity contribution in [3.63, 3.8) is 0 Å². The summed E-state index contributed by atoms with van der Waals surface area (Å²) in [5.41, 5.74) is 0.392. The molecule has 0 saturated heterocycles. The van der Waals surface area contributed by atoms with Crippen molar-refractivity contribution in [2.24, 2.45) is 5.84 Å². The van der Waals surface area contributed by atoms with Crippen LogP contribution in [-0.4, -0.2) is 53.3 Å². The van der Waals surface area contributed by atoms with Crippen LogP contribution in [-0.2, 0) is 0 Å². The van der Waals surface area contributed by atoms with Crippen LogP contribution in [0.1, 0.15) is 34.7 Å². The number of carbonyl (C=O) groups excluding carboxylic acids is 2.